The van der Waals surface area contributed by atoms with E-state index in [4.69, 9.17) is 9.47 Å². The van der Waals surface area contributed by atoms with E-state index in [-0.39, 0.29) is 6.61 Å². The van der Waals surface area contributed by atoms with Gasteiger partial charge >= 0.3 is 5.97 Å². The van der Waals surface area contributed by atoms with Gasteiger partial charge in [0.25, 0.3) is 0 Å². The summed E-state index contributed by atoms with van der Waals surface area (Å²) in [6.45, 7) is 4.76. The fraction of sp³-hybridized carbons (Fsp3) is 0.538. The molecule has 0 saturated carbocycles. The van der Waals surface area contributed by atoms with E-state index >= 15 is 0 Å². The topological polar surface area (TPSA) is 88.3 Å². The number of carbonyl (C=O) groups is 1. The molecule has 0 bridgehead atoms. The van der Waals surface area contributed by atoms with Crippen LogP contribution in [0.4, 0.5) is 5.82 Å². The summed E-state index contributed by atoms with van der Waals surface area (Å²) in [4.78, 5) is 13.6. The Bertz CT molecular complexity index is 567. The van der Waals surface area contributed by atoms with Crippen LogP contribution in [0.2, 0.25) is 0 Å². The Morgan fingerprint density at radius 3 is 2.90 bits per heavy atom. The van der Waals surface area contributed by atoms with Crippen LogP contribution in [0.25, 0.3) is 0 Å². The molecule has 1 fully saturated rings. The van der Waals surface area contributed by atoms with Gasteiger partial charge in [0.15, 0.2) is 11.9 Å². The second-order valence-electron chi connectivity index (χ2n) is 4.53. The highest BCUT2D eigenvalue weighted by Gasteiger charge is 2.33. The number of rotatable bonds is 2. The second-order valence-corrected chi connectivity index (χ2v) is 4.53. The second kappa shape index (κ2) is 5.84. The van der Waals surface area contributed by atoms with Gasteiger partial charge in [0.2, 0.25) is 0 Å². The van der Waals surface area contributed by atoms with Crippen molar-refractivity contribution in [1.82, 2.24) is 10.2 Å². The molecule has 0 spiro atoms. The zero-order valence-corrected chi connectivity index (χ0v) is 11.7. The number of morpholine rings is 1. The summed E-state index contributed by atoms with van der Waals surface area (Å²) < 4.78 is 10.1. The van der Waals surface area contributed by atoms with Crippen molar-refractivity contribution in [3.05, 3.63) is 16.8 Å². The summed E-state index contributed by atoms with van der Waals surface area (Å²) in [7, 11) is 1.33. The number of hydrogen-bond donors (Lipinski definition) is 0. The molecule has 0 amide bonds. The molecule has 0 aliphatic carbocycles. The van der Waals surface area contributed by atoms with Gasteiger partial charge in [-0.1, -0.05) is 0 Å². The molecule has 1 atom stereocenters. The zero-order chi connectivity index (χ0) is 14.7. The molecule has 2 heterocycles. The number of ether oxygens (including phenoxy) is 2. The maximum atomic E-state index is 11.8. The fourth-order valence-electron chi connectivity index (χ4n) is 2.12. The van der Waals surface area contributed by atoms with Crippen LogP contribution < -0.4 is 4.90 Å². The van der Waals surface area contributed by atoms with Gasteiger partial charge < -0.3 is 14.4 Å². The minimum Gasteiger partial charge on any atom is -0.467 e. The number of carbonyl (C=O) groups excluding carboxylic acids is 1. The molecule has 0 aromatic carbocycles. The summed E-state index contributed by atoms with van der Waals surface area (Å²) in [6.07, 6.45) is 0. The van der Waals surface area contributed by atoms with Crippen molar-refractivity contribution in [1.29, 1.82) is 5.26 Å². The molecule has 1 saturated heterocycles. The lowest BCUT2D eigenvalue weighted by Crippen LogP contribution is -2.51. The van der Waals surface area contributed by atoms with E-state index in [1.54, 1.807) is 11.8 Å². The number of aryl methyl sites for hydroxylation is 1. The van der Waals surface area contributed by atoms with Crippen molar-refractivity contribution in [2.24, 2.45) is 0 Å². The van der Waals surface area contributed by atoms with Gasteiger partial charge in [-0.2, -0.15) is 10.4 Å². The van der Waals surface area contributed by atoms with Crippen LogP contribution in [-0.2, 0) is 14.3 Å². The summed E-state index contributed by atoms with van der Waals surface area (Å²) in [5.41, 5.74) is 1.91. The largest absolute Gasteiger partial charge is 0.467 e. The van der Waals surface area contributed by atoms with E-state index < -0.39 is 12.0 Å². The molecule has 1 unspecified atom stereocenters. The molecule has 20 heavy (non-hydrogen) atoms. The number of nitriles is 1. The van der Waals surface area contributed by atoms with Crippen molar-refractivity contribution in [2.45, 2.75) is 19.9 Å². The number of methoxy groups -OCH3 is 1. The number of anilines is 1. The maximum Gasteiger partial charge on any atom is 0.330 e. The predicted molar refractivity (Wildman–Crippen MR) is 70.2 cm³/mol. The molecular weight excluding hydrogens is 260 g/mol. The normalized spacial score (nSPS) is 18.5. The lowest BCUT2D eigenvalue weighted by molar-refractivity contribution is -0.144. The van der Waals surface area contributed by atoms with E-state index in [2.05, 4.69) is 16.3 Å². The Morgan fingerprint density at radius 1 is 1.50 bits per heavy atom. The number of hydrogen-bond acceptors (Lipinski definition) is 7. The van der Waals surface area contributed by atoms with Gasteiger partial charge in [0.1, 0.15) is 11.6 Å². The first-order valence-corrected chi connectivity index (χ1v) is 6.26. The van der Waals surface area contributed by atoms with E-state index in [9.17, 15) is 10.1 Å². The number of nitrogens with zero attached hydrogens (tertiary/aromatic N) is 4. The smallest absolute Gasteiger partial charge is 0.330 e. The van der Waals surface area contributed by atoms with Gasteiger partial charge in [-0.15, -0.1) is 5.10 Å². The minimum absolute atomic E-state index is 0.214. The lowest BCUT2D eigenvalue weighted by Gasteiger charge is -2.34. The quantitative estimate of drug-likeness (QED) is 0.720. The molecule has 7 heteroatoms. The SMILES string of the molecule is COC(=O)C1COCCN1c1nnc(C)c(C)c1C#N. The van der Waals surface area contributed by atoms with Crippen molar-refractivity contribution in [3.63, 3.8) is 0 Å². The summed E-state index contributed by atoms with van der Waals surface area (Å²) in [5.74, 6) is 0.00270. The van der Waals surface area contributed by atoms with Gasteiger partial charge in [-0.3, -0.25) is 0 Å². The predicted octanol–water partition coefficient (Wildman–Crippen LogP) is 0.343. The van der Waals surface area contributed by atoms with Gasteiger partial charge in [-0.05, 0) is 19.4 Å². The number of esters is 1. The lowest BCUT2D eigenvalue weighted by atomic mass is 10.1. The van der Waals surface area contributed by atoms with E-state index in [0.29, 0.717) is 30.2 Å². The van der Waals surface area contributed by atoms with E-state index in [0.717, 1.165) is 5.56 Å². The molecule has 1 aliphatic heterocycles. The van der Waals surface area contributed by atoms with E-state index in [1.165, 1.54) is 7.11 Å². The third kappa shape index (κ3) is 2.42. The van der Waals surface area contributed by atoms with Gasteiger partial charge in [0, 0.05) is 6.54 Å². The Hall–Kier alpha value is -2.20. The van der Waals surface area contributed by atoms with Crippen LogP contribution in [0.5, 0.6) is 0 Å². The van der Waals surface area contributed by atoms with Crippen LogP contribution in [0, 0.1) is 25.2 Å². The molecule has 1 aromatic rings. The Kier molecular flexibility index (Phi) is 4.15. The average molecular weight is 276 g/mol. The average Bonchev–Trinajstić information content (AvgIpc) is 2.49. The highest BCUT2D eigenvalue weighted by molar-refractivity contribution is 5.80. The highest BCUT2D eigenvalue weighted by atomic mass is 16.5. The fourth-order valence-corrected chi connectivity index (χ4v) is 2.12. The first-order chi connectivity index (χ1) is 9.60. The summed E-state index contributed by atoms with van der Waals surface area (Å²) in [6, 6.07) is 1.54. The standard InChI is InChI=1S/C13H16N4O3/c1-8-9(2)15-16-12(10(8)6-14)17-4-5-20-7-11(17)13(18)19-3/h11H,4-5,7H2,1-3H3. The van der Waals surface area contributed by atoms with Crippen LogP contribution in [0.3, 0.4) is 0 Å². The zero-order valence-electron chi connectivity index (χ0n) is 11.7. The minimum atomic E-state index is -0.600. The van der Waals surface area contributed by atoms with Gasteiger partial charge in [0.05, 0.1) is 26.0 Å². The molecule has 1 aromatic heterocycles. The van der Waals surface area contributed by atoms with Gasteiger partial charge in [-0.25, -0.2) is 4.79 Å². The molecular formula is C13H16N4O3. The first-order valence-electron chi connectivity index (χ1n) is 6.26. The molecule has 106 valence electrons. The monoisotopic (exact) mass is 276 g/mol. The van der Waals surface area contributed by atoms with Crippen LogP contribution in [0.15, 0.2) is 0 Å². The Balaban J connectivity index is 2.46. The summed E-state index contributed by atoms with van der Waals surface area (Å²) >= 11 is 0. The van der Waals surface area contributed by atoms with Crippen molar-refractivity contribution in [2.75, 3.05) is 31.8 Å². The van der Waals surface area contributed by atoms with E-state index in [1.807, 2.05) is 6.92 Å². The van der Waals surface area contributed by atoms with Crippen molar-refractivity contribution in [3.8, 4) is 6.07 Å². The third-order valence-electron chi connectivity index (χ3n) is 3.42. The molecule has 0 N–H and O–H groups in total. The first kappa shape index (κ1) is 14.2. The molecule has 0 radical (unpaired) electrons. The third-order valence-corrected chi connectivity index (χ3v) is 3.42. The maximum absolute atomic E-state index is 11.8. The number of aromatic nitrogens is 2. The van der Waals surface area contributed by atoms with Crippen molar-refractivity contribution < 1.29 is 14.3 Å². The van der Waals surface area contributed by atoms with Crippen molar-refractivity contribution >= 4 is 11.8 Å². The highest BCUT2D eigenvalue weighted by Crippen LogP contribution is 2.24. The van der Waals surface area contributed by atoms with Crippen LogP contribution in [-0.4, -0.2) is 49.1 Å². The molecule has 7 nitrogen and oxygen atoms in total. The molecule has 2 rings (SSSR count). The van der Waals surface area contributed by atoms with Crippen LogP contribution >= 0.6 is 0 Å². The Labute approximate surface area is 117 Å². The van der Waals surface area contributed by atoms with Crippen LogP contribution in [0.1, 0.15) is 16.8 Å². The summed E-state index contributed by atoms with van der Waals surface area (Å²) in [5, 5.41) is 17.5. The Morgan fingerprint density at radius 2 is 2.25 bits per heavy atom. The molecule has 1 aliphatic rings.